The van der Waals surface area contributed by atoms with Gasteiger partial charge in [0.15, 0.2) is 15.6 Å². The highest BCUT2D eigenvalue weighted by Gasteiger charge is 2.31. The molecule has 23 heavy (non-hydrogen) atoms. The molecular weight excluding hydrogens is 310 g/mol. The minimum atomic E-state index is -3.20. The van der Waals surface area contributed by atoms with E-state index in [9.17, 15) is 8.42 Å². The summed E-state index contributed by atoms with van der Waals surface area (Å²) in [6, 6.07) is 17.0. The van der Waals surface area contributed by atoms with Crippen molar-refractivity contribution < 1.29 is 13.3 Å². The Morgan fingerprint density at radius 1 is 0.957 bits per heavy atom. The molecule has 0 bridgehead atoms. The van der Waals surface area contributed by atoms with E-state index in [0.717, 1.165) is 22.5 Å². The summed E-state index contributed by atoms with van der Waals surface area (Å²) in [7, 11) is -1.30. The van der Waals surface area contributed by atoms with Crippen molar-refractivity contribution in [2.45, 2.75) is 17.9 Å². The van der Waals surface area contributed by atoms with Crippen LogP contribution in [0.3, 0.4) is 0 Å². The van der Waals surface area contributed by atoms with Crippen LogP contribution in [-0.2, 0) is 14.7 Å². The molecule has 0 saturated heterocycles. The van der Waals surface area contributed by atoms with Crippen LogP contribution in [0.25, 0.3) is 11.3 Å². The van der Waals surface area contributed by atoms with E-state index in [-0.39, 0.29) is 6.04 Å². The minimum Gasteiger partial charge on any atom is -0.405 e. The molecule has 3 rings (SSSR count). The van der Waals surface area contributed by atoms with Crippen molar-refractivity contribution in [2.75, 3.05) is 13.3 Å². The first-order valence-corrected chi connectivity index (χ1v) is 9.28. The van der Waals surface area contributed by atoms with Gasteiger partial charge in [0.2, 0.25) is 0 Å². The van der Waals surface area contributed by atoms with Gasteiger partial charge in [0.1, 0.15) is 0 Å². The lowest BCUT2D eigenvalue weighted by atomic mass is 9.96. The van der Waals surface area contributed by atoms with Crippen LogP contribution >= 0.6 is 0 Å². The Morgan fingerprint density at radius 3 is 2.13 bits per heavy atom. The van der Waals surface area contributed by atoms with E-state index >= 15 is 0 Å². The molecule has 0 aromatic heterocycles. The molecule has 0 fully saturated rings. The Balaban J connectivity index is 2.10. The second-order valence-electron chi connectivity index (χ2n) is 5.72. The highest BCUT2D eigenvalue weighted by molar-refractivity contribution is 7.90. The number of nitrogens with zero attached hydrogens (tertiary/aromatic N) is 1. The molecule has 1 aliphatic heterocycles. The summed E-state index contributed by atoms with van der Waals surface area (Å²) >= 11 is 0. The number of hydroxylamine groups is 2. The lowest BCUT2D eigenvalue weighted by molar-refractivity contribution is -0.0595. The SMILES string of the molecule is CC1C(c2ccccc2)=C(c2ccc(S(C)(=O)=O)cc2)ON1C. The van der Waals surface area contributed by atoms with Gasteiger partial charge in [0.05, 0.1) is 10.9 Å². The average molecular weight is 329 g/mol. The van der Waals surface area contributed by atoms with Gasteiger partial charge in [-0.3, -0.25) is 0 Å². The predicted molar refractivity (Wildman–Crippen MR) is 91.1 cm³/mol. The van der Waals surface area contributed by atoms with Crippen molar-refractivity contribution in [1.82, 2.24) is 5.06 Å². The number of rotatable bonds is 3. The molecule has 0 aliphatic carbocycles. The van der Waals surface area contributed by atoms with Gasteiger partial charge < -0.3 is 4.84 Å². The second-order valence-corrected chi connectivity index (χ2v) is 7.73. The summed E-state index contributed by atoms with van der Waals surface area (Å²) in [5, 5.41) is 1.81. The fourth-order valence-electron chi connectivity index (χ4n) is 2.70. The van der Waals surface area contributed by atoms with Gasteiger partial charge >= 0.3 is 0 Å². The summed E-state index contributed by atoms with van der Waals surface area (Å²) in [4.78, 5) is 6.22. The number of benzene rings is 2. The number of hydrogen-bond acceptors (Lipinski definition) is 4. The van der Waals surface area contributed by atoms with Gasteiger partial charge in [-0.1, -0.05) is 30.3 Å². The van der Waals surface area contributed by atoms with E-state index in [2.05, 4.69) is 19.1 Å². The molecule has 0 saturated carbocycles. The molecule has 1 atom stereocenters. The Bertz CT molecular complexity index is 840. The maximum Gasteiger partial charge on any atom is 0.175 e. The second kappa shape index (κ2) is 5.83. The van der Waals surface area contributed by atoms with Gasteiger partial charge in [-0.2, -0.15) is 0 Å². The van der Waals surface area contributed by atoms with Gasteiger partial charge in [-0.05, 0) is 36.8 Å². The number of sulfone groups is 1. The van der Waals surface area contributed by atoms with E-state index < -0.39 is 9.84 Å². The third-order valence-corrected chi connectivity index (χ3v) is 5.20. The first kappa shape index (κ1) is 15.8. The van der Waals surface area contributed by atoms with Crippen molar-refractivity contribution in [1.29, 1.82) is 0 Å². The Hall–Kier alpha value is -2.11. The van der Waals surface area contributed by atoms with Crippen LogP contribution in [0.5, 0.6) is 0 Å². The summed E-state index contributed by atoms with van der Waals surface area (Å²) in [5.41, 5.74) is 3.07. The normalized spacial score (nSPS) is 19.0. The molecule has 5 heteroatoms. The molecule has 2 aromatic rings. The van der Waals surface area contributed by atoms with Crippen molar-refractivity contribution in [3.8, 4) is 0 Å². The highest BCUT2D eigenvalue weighted by atomic mass is 32.2. The molecule has 4 nitrogen and oxygen atoms in total. The first-order chi connectivity index (χ1) is 10.9. The molecule has 1 aliphatic rings. The zero-order chi connectivity index (χ0) is 16.6. The average Bonchev–Trinajstić information content (AvgIpc) is 2.83. The summed E-state index contributed by atoms with van der Waals surface area (Å²) in [6.45, 7) is 2.08. The van der Waals surface area contributed by atoms with Crippen LogP contribution in [0, 0.1) is 0 Å². The van der Waals surface area contributed by atoms with Gasteiger partial charge in [0.25, 0.3) is 0 Å². The summed E-state index contributed by atoms with van der Waals surface area (Å²) in [6.07, 6.45) is 1.21. The maximum absolute atomic E-state index is 11.6. The van der Waals surface area contributed by atoms with E-state index in [0.29, 0.717) is 4.90 Å². The molecule has 1 unspecified atom stereocenters. The fraction of sp³-hybridized carbons (Fsp3) is 0.222. The molecular formula is C18H19NO3S. The van der Waals surface area contributed by atoms with E-state index in [1.54, 1.807) is 24.3 Å². The lowest BCUT2D eigenvalue weighted by Gasteiger charge is -2.15. The molecule has 0 spiro atoms. The Kier molecular flexibility index (Phi) is 4.00. The molecule has 120 valence electrons. The Morgan fingerprint density at radius 2 is 1.57 bits per heavy atom. The van der Waals surface area contributed by atoms with E-state index in [1.807, 2.05) is 30.3 Å². The van der Waals surface area contributed by atoms with Gasteiger partial charge in [0, 0.05) is 24.4 Å². The molecule has 0 N–H and O–H groups in total. The van der Waals surface area contributed by atoms with Gasteiger partial charge in [-0.25, -0.2) is 8.42 Å². The summed E-state index contributed by atoms with van der Waals surface area (Å²) < 4.78 is 23.2. The largest absolute Gasteiger partial charge is 0.405 e. The van der Waals surface area contributed by atoms with Crippen LogP contribution in [0.1, 0.15) is 18.1 Å². The van der Waals surface area contributed by atoms with Crippen LogP contribution in [0.15, 0.2) is 59.5 Å². The highest BCUT2D eigenvalue weighted by Crippen LogP contribution is 2.38. The minimum absolute atomic E-state index is 0.113. The van der Waals surface area contributed by atoms with Crippen LogP contribution in [0.4, 0.5) is 0 Å². The Labute approximate surface area is 136 Å². The zero-order valence-electron chi connectivity index (χ0n) is 13.4. The first-order valence-electron chi connectivity index (χ1n) is 7.39. The predicted octanol–water partition coefficient (Wildman–Crippen LogP) is 3.22. The molecule has 2 aromatic carbocycles. The maximum atomic E-state index is 11.6. The van der Waals surface area contributed by atoms with Gasteiger partial charge in [-0.15, -0.1) is 5.06 Å². The third-order valence-electron chi connectivity index (χ3n) is 4.07. The monoisotopic (exact) mass is 329 g/mol. The van der Waals surface area contributed by atoms with Crippen LogP contribution in [0.2, 0.25) is 0 Å². The van der Waals surface area contributed by atoms with Crippen molar-refractivity contribution in [2.24, 2.45) is 0 Å². The van der Waals surface area contributed by atoms with Crippen LogP contribution in [-0.4, -0.2) is 32.8 Å². The smallest absolute Gasteiger partial charge is 0.175 e. The molecule has 0 amide bonds. The fourth-order valence-corrected chi connectivity index (χ4v) is 3.33. The summed E-state index contributed by atoms with van der Waals surface area (Å²) in [5.74, 6) is 0.770. The van der Waals surface area contributed by atoms with Crippen LogP contribution < -0.4 is 0 Å². The molecule has 1 heterocycles. The molecule has 0 radical (unpaired) electrons. The zero-order valence-corrected chi connectivity index (χ0v) is 14.2. The topological polar surface area (TPSA) is 46.6 Å². The van der Waals surface area contributed by atoms with Crippen molar-refractivity contribution >= 4 is 21.2 Å². The van der Waals surface area contributed by atoms with Crippen molar-refractivity contribution in [3.63, 3.8) is 0 Å². The third kappa shape index (κ3) is 3.02. The standard InChI is InChI=1S/C18H19NO3S/c1-13-17(14-7-5-4-6-8-14)18(22-19(13)2)15-9-11-16(12-10-15)23(3,20)21/h4-13H,1-3H3. The van der Waals surface area contributed by atoms with E-state index in [1.165, 1.54) is 6.26 Å². The van der Waals surface area contributed by atoms with E-state index in [4.69, 9.17) is 4.84 Å². The number of hydrogen-bond donors (Lipinski definition) is 0. The lowest BCUT2D eigenvalue weighted by Crippen LogP contribution is -2.22. The number of likely N-dealkylation sites (N-methyl/N-ethyl adjacent to an activating group) is 1. The van der Waals surface area contributed by atoms with Crippen molar-refractivity contribution in [3.05, 3.63) is 65.7 Å². The quantitative estimate of drug-likeness (QED) is 0.867.